The van der Waals surface area contributed by atoms with Crippen LogP contribution in [-0.4, -0.2) is 33.1 Å². The Kier molecular flexibility index (Phi) is 8.75. The first-order chi connectivity index (χ1) is 8.28. The Balaban J connectivity index is 3.93. The van der Waals surface area contributed by atoms with Crippen LogP contribution >= 0.6 is 0 Å². The first kappa shape index (κ1) is 17.8. The van der Waals surface area contributed by atoms with E-state index < -0.39 is 27.1 Å². The second-order valence-electron chi connectivity index (χ2n) is 5.47. The first-order valence-electron chi connectivity index (χ1n) is 6.83. The third-order valence-corrected chi connectivity index (χ3v) is 8.80. The molecular formula is C12H28O3Si3. The van der Waals surface area contributed by atoms with E-state index in [2.05, 4.69) is 19.7 Å². The maximum atomic E-state index is 11.8. The van der Waals surface area contributed by atoms with Crippen LogP contribution in [0.15, 0.2) is 12.2 Å². The number of unbranched alkanes of at least 4 members (excludes halogenated alkanes) is 1. The van der Waals surface area contributed by atoms with Gasteiger partial charge in [-0.15, -0.1) is 0 Å². The van der Waals surface area contributed by atoms with E-state index in [1.54, 1.807) is 0 Å². The molecule has 0 aromatic heterocycles. The number of carbonyl (C=O) groups excluding carboxylic acids is 1. The molecule has 0 radical (unpaired) electrons. The molecule has 18 heavy (non-hydrogen) atoms. The van der Waals surface area contributed by atoms with Crippen LogP contribution in [0.4, 0.5) is 0 Å². The van der Waals surface area contributed by atoms with Crippen LogP contribution in [0.1, 0.15) is 19.3 Å². The molecule has 3 nitrogen and oxygen atoms in total. The minimum atomic E-state index is -2.24. The van der Waals surface area contributed by atoms with E-state index in [9.17, 15) is 4.79 Å². The first-order valence-corrected chi connectivity index (χ1v) is 14.8. The van der Waals surface area contributed by atoms with Crippen LogP contribution in [0, 0.1) is 0 Å². The molecule has 106 valence electrons. The van der Waals surface area contributed by atoms with Gasteiger partial charge < -0.3 is 8.54 Å². The van der Waals surface area contributed by atoms with Crippen molar-refractivity contribution in [3.8, 4) is 0 Å². The largest absolute Gasteiger partial charge is 0.492 e. The maximum absolute atomic E-state index is 11.8. The molecule has 6 heteroatoms. The third-order valence-electron chi connectivity index (χ3n) is 2.63. The van der Waals surface area contributed by atoms with Crippen LogP contribution in [0.25, 0.3) is 0 Å². The minimum absolute atomic E-state index is 0.254. The SMILES string of the molecule is C=C(CCCC[SiH](C)C)C(=O)O[Si](C)(C)O[SiH2]C. The van der Waals surface area contributed by atoms with Gasteiger partial charge in [0.2, 0.25) is 0 Å². The van der Waals surface area contributed by atoms with Crippen molar-refractivity contribution in [1.82, 2.24) is 0 Å². The van der Waals surface area contributed by atoms with Gasteiger partial charge in [0.15, 0.2) is 0 Å². The number of carbonyl (C=O) groups is 1. The Bertz CT molecular complexity index is 278. The van der Waals surface area contributed by atoms with Crippen molar-refractivity contribution in [2.45, 2.75) is 58.0 Å². The van der Waals surface area contributed by atoms with Crippen molar-refractivity contribution in [2.75, 3.05) is 0 Å². The molecule has 0 saturated heterocycles. The monoisotopic (exact) mass is 304 g/mol. The number of rotatable bonds is 9. The normalized spacial score (nSPS) is 12.3. The van der Waals surface area contributed by atoms with E-state index >= 15 is 0 Å². The van der Waals surface area contributed by atoms with Gasteiger partial charge >= 0.3 is 14.5 Å². The summed E-state index contributed by atoms with van der Waals surface area (Å²) in [6.45, 7) is 14.4. The minimum Gasteiger partial charge on any atom is -0.492 e. The van der Waals surface area contributed by atoms with Crippen molar-refractivity contribution in [3.05, 3.63) is 12.2 Å². The summed E-state index contributed by atoms with van der Waals surface area (Å²) in [6, 6.07) is 1.34. The molecule has 0 unspecified atom stereocenters. The van der Waals surface area contributed by atoms with Crippen LogP contribution in [0.2, 0.25) is 38.8 Å². The molecule has 0 rings (SSSR count). The molecule has 0 aromatic carbocycles. The van der Waals surface area contributed by atoms with Gasteiger partial charge in [0.1, 0.15) is 9.76 Å². The van der Waals surface area contributed by atoms with Crippen molar-refractivity contribution >= 4 is 33.1 Å². The molecule has 0 N–H and O–H groups in total. The van der Waals surface area contributed by atoms with E-state index in [0.29, 0.717) is 5.57 Å². The fraction of sp³-hybridized carbons (Fsp3) is 0.750. The van der Waals surface area contributed by atoms with Gasteiger partial charge in [-0.3, -0.25) is 0 Å². The van der Waals surface area contributed by atoms with Gasteiger partial charge in [-0.2, -0.15) is 0 Å². The molecule has 0 amide bonds. The quantitative estimate of drug-likeness (QED) is 0.373. The van der Waals surface area contributed by atoms with Gasteiger partial charge in [-0.05, 0) is 25.9 Å². The second-order valence-corrected chi connectivity index (χ2v) is 13.6. The summed E-state index contributed by atoms with van der Waals surface area (Å²) in [4.78, 5) is 11.8. The van der Waals surface area contributed by atoms with Crippen molar-refractivity contribution in [2.24, 2.45) is 0 Å². The Morgan fingerprint density at radius 3 is 2.44 bits per heavy atom. The summed E-state index contributed by atoms with van der Waals surface area (Å²) in [5, 5.41) is 0. The van der Waals surface area contributed by atoms with Gasteiger partial charge in [0.25, 0.3) is 0 Å². The van der Waals surface area contributed by atoms with Crippen LogP contribution in [-0.2, 0) is 13.3 Å². The molecule has 0 aliphatic carbocycles. The second kappa shape index (κ2) is 8.84. The standard InChI is InChI=1S/C12H28O3Si3/c1-11(9-7-8-10-17(3)4)12(13)14-18(5,6)15-16-2/h17H,1,7-10,16H2,2-6H3. The van der Waals surface area contributed by atoms with E-state index in [0.717, 1.165) is 12.8 Å². The van der Waals surface area contributed by atoms with E-state index in [4.69, 9.17) is 8.54 Å². The predicted molar refractivity (Wildman–Crippen MR) is 85.7 cm³/mol. The molecular weight excluding hydrogens is 276 g/mol. The molecule has 0 aliphatic heterocycles. The summed E-state index contributed by atoms with van der Waals surface area (Å²) >= 11 is 0. The average molecular weight is 305 g/mol. The smallest absolute Gasteiger partial charge is 0.385 e. The zero-order chi connectivity index (χ0) is 14.2. The summed E-state index contributed by atoms with van der Waals surface area (Å²) in [7, 11) is -3.22. The number of hydrogen-bond donors (Lipinski definition) is 0. The fourth-order valence-electron chi connectivity index (χ4n) is 1.67. The highest BCUT2D eigenvalue weighted by Gasteiger charge is 2.28. The van der Waals surface area contributed by atoms with Crippen LogP contribution in [0.3, 0.4) is 0 Å². The molecule has 0 spiro atoms. The van der Waals surface area contributed by atoms with Crippen molar-refractivity contribution in [3.63, 3.8) is 0 Å². The van der Waals surface area contributed by atoms with Crippen LogP contribution < -0.4 is 0 Å². The van der Waals surface area contributed by atoms with Crippen molar-refractivity contribution in [1.29, 1.82) is 0 Å². The van der Waals surface area contributed by atoms with Crippen molar-refractivity contribution < 1.29 is 13.3 Å². The van der Waals surface area contributed by atoms with Gasteiger partial charge in [0, 0.05) is 14.4 Å². The summed E-state index contributed by atoms with van der Waals surface area (Å²) < 4.78 is 11.0. The fourth-order valence-corrected chi connectivity index (χ4v) is 6.38. The van der Waals surface area contributed by atoms with E-state index in [1.807, 2.05) is 19.6 Å². The Hall–Kier alpha value is -0.179. The topological polar surface area (TPSA) is 35.5 Å². The highest BCUT2D eigenvalue weighted by Crippen LogP contribution is 2.14. The summed E-state index contributed by atoms with van der Waals surface area (Å²) in [6.07, 6.45) is 3.01. The Labute approximate surface area is 117 Å². The highest BCUT2D eigenvalue weighted by molar-refractivity contribution is 6.70. The van der Waals surface area contributed by atoms with E-state index in [-0.39, 0.29) is 5.97 Å². The Morgan fingerprint density at radius 1 is 1.33 bits per heavy atom. The lowest BCUT2D eigenvalue weighted by Gasteiger charge is -2.22. The van der Waals surface area contributed by atoms with E-state index in [1.165, 1.54) is 12.5 Å². The third kappa shape index (κ3) is 8.85. The lowest BCUT2D eigenvalue weighted by molar-refractivity contribution is -0.131. The predicted octanol–water partition coefficient (Wildman–Crippen LogP) is 2.59. The molecule has 0 aliphatic rings. The maximum Gasteiger partial charge on any atom is 0.385 e. The average Bonchev–Trinajstić information content (AvgIpc) is 2.22. The number of hydrogen-bond acceptors (Lipinski definition) is 3. The molecule has 0 saturated carbocycles. The lowest BCUT2D eigenvalue weighted by atomic mass is 10.1. The Morgan fingerprint density at radius 2 is 1.94 bits per heavy atom. The molecule has 0 bridgehead atoms. The summed E-state index contributed by atoms with van der Waals surface area (Å²) in [5.74, 6) is -0.254. The molecule has 0 heterocycles. The summed E-state index contributed by atoms with van der Waals surface area (Å²) in [5.41, 5.74) is 0.599. The van der Waals surface area contributed by atoms with Gasteiger partial charge in [0.05, 0.1) is 0 Å². The zero-order valence-corrected chi connectivity index (χ0v) is 16.1. The molecule has 0 aromatic rings. The molecule has 0 atom stereocenters. The van der Waals surface area contributed by atoms with Crippen LogP contribution in [0.5, 0.6) is 0 Å². The zero-order valence-electron chi connectivity index (χ0n) is 12.5. The molecule has 0 fully saturated rings. The van der Waals surface area contributed by atoms with Gasteiger partial charge in [-0.25, -0.2) is 4.79 Å². The highest BCUT2D eigenvalue weighted by atomic mass is 28.4. The lowest BCUT2D eigenvalue weighted by Crippen LogP contribution is -2.38. The van der Waals surface area contributed by atoms with Gasteiger partial charge in [-0.1, -0.05) is 38.7 Å².